The van der Waals surface area contributed by atoms with E-state index >= 15 is 0 Å². The summed E-state index contributed by atoms with van der Waals surface area (Å²) in [6.45, 7) is 3.11. The number of aryl methyl sites for hydroxylation is 1. The van der Waals surface area contributed by atoms with Gasteiger partial charge in [0.05, 0.1) is 27.2 Å². The van der Waals surface area contributed by atoms with Crippen LogP contribution in [0.1, 0.15) is 19.8 Å². The zero-order chi connectivity index (χ0) is 19.9. The molecular weight excluding hydrogens is 376 g/mol. The lowest BCUT2D eigenvalue weighted by Crippen LogP contribution is -2.17. The fraction of sp³-hybridized carbons (Fsp3) is 0.333. The Hall–Kier alpha value is -2.80. The van der Waals surface area contributed by atoms with Gasteiger partial charge in [-0.15, -0.1) is 0 Å². The smallest absolute Gasteiger partial charge is 0.251 e. The highest BCUT2D eigenvalue weighted by molar-refractivity contribution is 7.16. The Bertz CT molecular complexity index is 1010. The minimum Gasteiger partial charge on any atom is -0.495 e. The lowest BCUT2D eigenvalue weighted by atomic mass is 10.3. The number of hydrogen-bond donors (Lipinski definition) is 0. The molecule has 28 heavy (non-hydrogen) atoms. The molecule has 0 spiro atoms. The predicted molar refractivity (Wildman–Crippen MR) is 110 cm³/mol. The summed E-state index contributed by atoms with van der Waals surface area (Å²) >= 11 is 1.43. The molecule has 2 aromatic carbocycles. The second kappa shape index (κ2) is 9.41. The molecule has 6 nitrogen and oxygen atoms in total. The Morgan fingerprint density at radius 1 is 1.07 bits per heavy atom. The van der Waals surface area contributed by atoms with Crippen LogP contribution in [0.25, 0.3) is 10.2 Å². The number of carbonyl (C=O) groups is 1. The zero-order valence-corrected chi connectivity index (χ0v) is 17.1. The van der Waals surface area contributed by atoms with Gasteiger partial charge in [0.2, 0.25) is 0 Å². The average Bonchev–Trinajstić information content (AvgIpc) is 3.06. The second-order valence-electron chi connectivity index (χ2n) is 6.10. The number of ether oxygens (including phenoxy) is 3. The summed E-state index contributed by atoms with van der Waals surface area (Å²) in [7, 11) is 3.27. The maximum absolute atomic E-state index is 12.4. The minimum atomic E-state index is -0.217. The number of methoxy groups -OCH3 is 2. The molecule has 1 aromatic heterocycles. The standard InChI is InChI=1S/C21H24N2O4S/c1-4-13-23-19-16(25-2)10-11-17(26-3)20(19)28-21(23)22-18(24)12-14-27-15-8-6-5-7-9-15/h5-11H,4,12-14H2,1-3H3. The normalized spacial score (nSPS) is 11.6. The van der Waals surface area contributed by atoms with Crippen molar-refractivity contribution in [2.75, 3.05) is 20.8 Å². The van der Waals surface area contributed by atoms with Gasteiger partial charge < -0.3 is 18.8 Å². The van der Waals surface area contributed by atoms with E-state index < -0.39 is 0 Å². The fourth-order valence-electron chi connectivity index (χ4n) is 2.91. The molecule has 0 saturated carbocycles. The summed E-state index contributed by atoms with van der Waals surface area (Å²) in [5.74, 6) is 2.01. The molecule has 0 aliphatic heterocycles. The number of aromatic nitrogens is 1. The van der Waals surface area contributed by atoms with E-state index in [1.165, 1.54) is 11.3 Å². The molecule has 7 heteroatoms. The number of hydrogen-bond acceptors (Lipinski definition) is 5. The molecule has 0 aliphatic rings. The van der Waals surface area contributed by atoms with Crippen LogP contribution < -0.4 is 19.0 Å². The van der Waals surface area contributed by atoms with Crippen molar-refractivity contribution in [3.63, 3.8) is 0 Å². The Kier molecular flexibility index (Phi) is 6.71. The first-order valence-electron chi connectivity index (χ1n) is 9.17. The van der Waals surface area contributed by atoms with Gasteiger partial charge in [-0.25, -0.2) is 0 Å². The van der Waals surface area contributed by atoms with Crippen molar-refractivity contribution in [3.8, 4) is 17.2 Å². The number of nitrogens with zero attached hydrogens (tertiary/aromatic N) is 2. The van der Waals surface area contributed by atoms with Crippen molar-refractivity contribution in [1.82, 2.24) is 4.57 Å². The van der Waals surface area contributed by atoms with Gasteiger partial charge in [0.25, 0.3) is 5.91 Å². The van der Waals surface area contributed by atoms with Gasteiger partial charge in [0.1, 0.15) is 27.5 Å². The molecule has 0 radical (unpaired) electrons. The molecule has 0 unspecified atom stereocenters. The van der Waals surface area contributed by atoms with Gasteiger partial charge >= 0.3 is 0 Å². The third kappa shape index (κ3) is 4.36. The van der Waals surface area contributed by atoms with Crippen LogP contribution in [0.5, 0.6) is 17.2 Å². The molecule has 0 aliphatic carbocycles. The Labute approximate surface area is 168 Å². The van der Waals surface area contributed by atoms with Gasteiger partial charge in [-0.1, -0.05) is 36.5 Å². The molecule has 0 saturated heterocycles. The van der Waals surface area contributed by atoms with E-state index in [1.54, 1.807) is 14.2 Å². The minimum absolute atomic E-state index is 0.212. The topological polar surface area (TPSA) is 62.1 Å². The number of thiazole rings is 1. The number of fused-ring (bicyclic) bond motifs is 1. The monoisotopic (exact) mass is 400 g/mol. The van der Waals surface area contributed by atoms with E-state index in [0.29, 0.717) is 4.80 Å². The van der Waals surface area contributed by atoms with Crippen LogP contribution in [0.4, 0.5) is 0 Å². The van der Waals surface area contributed by atoms with Crippen molar-refractivity contribution in [1.29, 1.82) is 0 Å². The molecule has 3 aromatic rings. The number of para-hydroxylation sites is 1. The van der Waals surface area contributed by atoms with Crippen molar-refractivity contribution in [2.45, 2.75) is 26.3 Å². The Morgan fingerprint density at radius 3 is 2.46 bits per heavy atom. The summed E-state index contributed by atoms with van der Waals surface area (Å²) in [5.41, 5.74) is 0.904. The molecule has 1 amide bonds. The maximum atomic E-state index is 12.4. The van der Waals surface area contributed by atoms with Crippen LogP contribution in [0.2, 0.25) is 0 Å². The number of carbonyl (C=O) groups excluding carboxylic acids is 1. The molecule has 0 N–H and O–H groups in total. The predicted octanol–water partition coefficient (Wildman–Crippen LogP) is 4.03. The summed E-state index contributed by atoms with van der Waals surface area (Å²) < 4.78 is 19.6. The molecule has 0 bridgehead atoms. The highest BCUT2D eigenvalue weighted by atomic mass is 32.1. The molecule has 0 atom stereocenters. The quantitative estimate of drug-likeness (QED) is 0.573. The van der Waals surface area contributed by atoms with E-state index in [2.05, 4.69) is 11.9 Å². The fourth-order valence-corrected chi connectivity index (χ4v) is 4.09. The van der Waals surface area contributed by atoms with E-state index in [0.717, 1.165) is 40.4 Å². The number of benzene rings is 2. The highest BCUT2D eigenvalue weighted by Crippen LogP contribution is 2.35. The van der Waals surface area contributed by atoms with Crippen molar-refractivity contribution < 1.29 is 19.0 Å². The average molecular weight is 401 g/mol. The van der Waals surface area contributed by atoms with Gasteiger partial charge in [-0.3, -0.25) is 4.79 Å². The molecular formula is C21H24N2O4S. The largest absolute Gasteiger partial charge is 0.495 e. The molecule has 3 rings (SSSR count). The van der Waals surface area contributed by atoms with Gasteiger partial charge in [-0.05, 0) is 30.7 Å². The van der Waals surface area contributed by atoms with E-state index in [-0.39, 0.29) is 18.9 Å². The molecule has 1 heterocycles. The summed E-state index contributed by atoms with van der Waals surface area (Å²) in [4.78, 5) is 17.4. The van der Waals surface area contributed by atoms with Gasteiger partial charge in [-0.2, -0.15) is 4.99 Å². The summed E-state index contributed by atoms with van der Waals surface area (Å²) in [6, 6.07) is 13.2. The Morgan fingerprint density at radius 2 is 1.79 bits per heavy atom. The van der Waals surface area contributed by atoms with Crippen molar-refractivity contribution in [3.05, 3.63) is 47.3 Å². The molecule has 0 fully saturated rings. The SMILES string of the molecule is CCCn1c(=NC(=O)CCOc2ccccc2)sc2c(OC)ccc(OC)c21. The van der Waals surface area contributed by atoms with Crippen LogP contribution >= 0.6 is 11.3 Å². The first-order valence-corrected chi connectivity index (χ1v) is 9.99. The summed E-state index contributed by atoms with van der Waals surface area (Å²) in [6.07, 6.45) is 1.12. The van der Waals surface area contributed by atoms with Crippen LogP contribution in [0.15, 0.2) is 47.5 Å². The second-order valence-corrected chi connectivity index (χ2v) is 7.08. The lowest BCUT2D eigenvalue weighted by Gasteiger charge is -2.09. The Balaban J connectivity index is 1.90. The first-order chi connectivity index (χ1) is 13.7. The highest BCUT2D eigenvalue weighted by Gasteiger charge is 2.16. The number of rotatable bonds is 8. The van der Waals surface area contributed by atoms with Crippen LogP contribution in [-0.4, -0.2) is 31.3 Å². The number of amides is 1. The van der Waals surface area contributed by atoms with Gasteiger partial charge in [0.15, 0.2) is 4.80 Å². The van der Waals surface area contributed by atoms with Crippen LogP contribution in [0, 0.1) is 0 Å². The van der Waals surface area contributed by atoms with Gasteiger partial charge in [0, 0.05) is 6.54 Å². The zero-order valence-electron chi connectivity index (χ0n) is 16.3. The van der Waals surface area contributed by atoms with Crippen LogP contribution in [0.3, 0.4) is 0 Å². The van der Waals surface area contributed by atoms with Crippen molar-refractivity contribution >= 4 is 27.5 Å². The third-order valence-electron chi connectivity index (χ3n) is 4.19. The third-order valence-corrected chi connectivity index (χ3v) is 5.28. The lowest BCUT2D eigenvalue weighted by molar-refractivity contribution is -0.118. The van der Waals surface area contributed by atoms with Crippen LogP contribution in [-0.2, 0) is 11.3 Å². The first kappa shape index (κ1) is 19.9. The van der Waals surface area contributed by atoms with Crippen molar-refractivity contribution in [2.24, 2.45) is 4.99 Å². The summed E-state index contributed by atoms with van der Waals surface area (Å²) in [5, 5.41) is 0. The van der Waals surface area contributed by atoms with E-state index in [1.807, 2.05) is 47.0 Å². The van der Waals surface area contributed by atoms with E-state index in [4.69, 9.17) is 14.2 Å². The maximum Gasteiger partial charge on any atom is 0.251 e. The molecule has 148 valence electrons. The van der Waals surface area contributed by atoms with E-state index in [9.17, 15) is 4.79 Å².